The van der Waals surface area contributed by atoms with Gasteiger partial charge in [-0.05, 0) is 66.0 Å². The number of hydrogen-bond acceptors (Lipinski definition) is 6. The smallest absolute Gasteiger partial charge is 0.232 e. The van der Waals surface area contributed by atoms with Crippen LogP contribution in [0.5, 0.6) is 5.88 Å². The molecule has 2 aromatic rings. The first kappa shape index (κ1) is 24.1. The number of nitrogens with zero attached hydrogens (tertiary/aromatic N) is 4. The molecule has 1 atom stereocenters. The summed E-state index contributed by atoms with van der Waals surface area (Å²) in [5, 5.41) is 0. The first-order valence-electron chi connectivity index (χ1n) is 11.3. The number of hydrogen-bond donors (Lipinski definition) is 0. The molecule has 1 aliphatic heterocycles. The van der Waals surface area contributed by atoms with Gasteiger partial charge < -0.3 is 14.4 Å². The Hall–Kier alpha value is -2.54. The van der Waals surface area contributed by atoms with E-state index in [1.807, 2.05) is 44.9 Å². The van der Waals surface area contributed by atoms with Crippen molar-refractivity contribution in [1.29, 1.82) is 0 Å². The number of amides is 1. The largest absolute Gasteiger partial charge is 0.481 e. The van der Waals surface area contributed by atoms with E-state index in [-0.39, 0.29) is 5.91 Å². The van der Waals surface area contributed by atoms with Crippen LogP contribution < -0.4 is 4.74 Å². The number of aryl methyl sites for hydroxylation is 2. The van der Waals surface area contributed by atoms with E-state index in [1.165, 1.54) is 0 Å². The van der Waals surface area contributed by atoms with Crippen LogP contribution in [0.2, 0.25) is 0 Å². The maximum absolute atomic E-state index is 14.1. The van der Waals surface area contributed by atoms with E-state index in [9.17, 15) is 4.79 Å². The third-order valence-corrected chi connectivity index (χ3v) is 7.03. The highest BCUT2D eigenvalue weighted by Crippen LogP contribution is 2.50. The van der Waals surface area contributed by atoms with Crippen LogP contribution in [0.1, 0.15) is 64.5 Å². The second kappa shape index (κ2) is 9.14. The van der Waals surface area contributed by atoms with Crippen molar-refractivity contribution in [2.75, 3.05) is 20.3 Å². The summed E-state index contributed by atoms with van der Waals surface area (Å²) < 4.78 is 11.4. The summed E-state index contributed by atoms with van der Waals surface area (Å²) in [7, 11) is 1.59. The lowest BCUT2D eigenvalue weighted by Crippen LogP contribution is -2.54. The van der Waals surface area contributed by atoms with E-state index in [2.05, 4.69) is 34.9 Å². The van der Waals surface area contributed by atoms with Gasteiger partial charge in [-0.25, -0.2) is 4.98 Å². The molecule has 1 unspecified atom stereocenters. The topological polar surface area (TPSA) is 77.4 Å². The second-order valence-corrected chi connectivity index (χ2v) is 9.49. The normalized spacial score (nSPS) is 19.5. The van der Waals surface area contributed by atoms with Gasteiger partial charge in [0.2, 0.25) is 11.8 Å². The standard InChI is InChI=1S/C25H36N4O3/c1-8-32-24(5,6)25(13-11-20-26-15-12-21(28-20)31-7)14-16-29(22(25)30)23(3,4)19-10-9-18(2)27-17-19/h9-10,12,15,17H,8,11,13-14,16H2,1-7H3. The van der Waals surface area contributed by atoms with Crippen LogP contribution in [-0.4, -0.2) is 51.6 Å². The molecule has 0 aliphatic carbocycles. The Morgan fingerprint density at radius 3 is 2.53 bits per heavy atom. The predicted molar refractivity (Wildman–Crippen MR) is 123 cm³/mol. The molecule has 0 radical (unpaired) electrons. The second-order valence-electron chi connectivity index (χ2n) is 9.49. The number of pyridine rings is 1. The molecule has 1 fully saturated rings. The van der Waals surface area contributed by atoms with Crippen LogP contribution in [0.25, 0.3) is 0 Å². The van der Waals surface area contributed by atoms with Crippen LogP contribution in [0.3, 0.4) is 0 Å². The van der Waals surface area contributed by atoms with Crippen molar-refractivity contribution in [3.05, 3.63) is 47.7 Å². The summed E-state index contributed by atoms with van der Waals surface area (Å²) in [6.07, 6.45) is 5.45. The van der Waals surface area contributed by atoms with E-state index >= 15 is 0 Å². The fourth-order valence-corrected chi connectivity index (χ4v) is 4.82. The van der Waals surface area contributed by atoms with Crippen LogP contribution in [0.15, 0.2) is 30.6 Å². The minimum absolute atomic E-state index is 0.115. The Morgan fingerprint density at radius 2 is 1.91 bits per heavy atom. The minimum atomic E-state index is -0.676. The maximum atomic E-state index is 14.1. The summed E-state index contributed by atoms with van der Waals surface area (Å²) in [6, 6.07) is 5.78. The molecule has 0 N–H and O–H groups in total. The van der Waals surface area contributed by atoms with Gasteiger partial charge in [0.1, 0.15) is 5.82 Å². The fraction of sp³-hybridized carbons (Fsp3) is 0.600. The van der Waals surface area contributed by atoms with Crippen molar-refractivity contribution in [1.82, 2.24) is 19.9 Å². The first-order valence-corrected chi connectivity index (χ1v) is 11.3. The average Bonchev–Trinajstić information content (AvgIpc) is 3.11. The van der Waals surface area contributed by atoms with Gasteiger partial charge in [0.25, 0.3) is 0 Å². The Labute approximate surface area is 191 Å². The van der Waals surface area contributed by atoms with Crippen LogP contribution >= 0.6 is 0 Å². The number of carbonyl (C=O) groups is 1. The molecule has 1 amide bonds. The van der Waals surface area contributed by atoms with E-state index < -0.39 is 16.6 Å². The van der Waals surface area contributed by atoms with Gasteiger partial charge >= 0.3 is 0 Å². The molecule has 3 rings (SSSR count). The zero-order valence-electron chi connectivity index (χ0n) is 20.4. The lowest BCUT2D eigenvalue weighted by Gasteiger charge is -2.44. The molecule has 32 heavy (non-hydrogen) atoms. The third kappa shape index (κ3) is 4.35. The van der Waals surface area contributed by atoms with Crippen molar-refractivity contribution in [2.24, 2.45) is 5.41 Å². The van der Waals surface area contributed by atoms with Crippen LogP contribution in [0, 0.1) is 12.3 Å². The summed E-state index contributed by atoms with van der Waals surface area (Å²) in [5.74, 6) is 1.31. The Balaban J connectivity index is 1.93. The summed E-state index contributed by atoms with van der Waals surface area (Å²) in [6.45, 7) is 13.4. The van der Waals surface area contributed by atoms with Gasteiger partial charge in [-0.2, -0.15) is 4.98 Å². The lowest BCUT2D eigenvalue weighted by atomic mass is 9.68. The van der Waals surface area contributed by atoms with Crippen molar-refractivity contribution < 1.29 is 14.3 Å². The van der Waals surface area contributed by atoms with Gasteiger partial charge in [0, 0.05) is 43.7 Å². The van der Waals surface area contributed by atoms with Gasteiger partial charge in [0.05, 0.1) is 23.7 Å². The molecule has 0 spiro atoms. The molecule has 174 valence electrons. The average molecular weight is 441 g/mol. The van der Waals surface area contributed by atoms with Gasteiger partial charge in [-0.1, -0.05) is 6.07 Å². The number of methoxy groups -OCH3 is 1. The van der Waals surface area contributed by atoms with Crippen molar-refractivity contribution in [3.63, 3.8) is 0 Å². The molecule has 3 heterocycles. The minimum Gasteiger partial charge on any atom is -0.481 e. The Kier molecular flexibility index (Phi) is 6.89. The fourth-order valence-electron chi connectivity index (χ4n) is 4.82. The monoisotopic (exact) mass is 440 g/mol. The van der Waals surface area contributed by atoms with Gasteiger partial charge in [-0.3, -0.25) is 9.78 Å². The highest BCUT2D eigenvalue weighted by Gasteiger charge is 2.58. The van der Waals surface area contributed by atoms with E-state index in [0.717, 1.165) is 11.3 Å². The quantitative estimate of drug-likeness (QED) is 0.584. The van der Waals surface area contributed by atoms with E-state index in [4.69, 9.17) is 9.47 Å². The third-order valence-electron chi connectivity index (χ3n) is 7.03. The molecule has 2 aromatic heterocycles. The zero-order valence-corrected chi connectivity index (χ0v) is 20.4. The number of aromatic nitrogens is 3. The molecule has 1 saturated heterocycles. The van der Waals surface area contributed by atoms with Crippen LogP contribution in [0.4, 0.5) is 0 Å². The SMILES string of the molecule is CCOC(C)(C)C1(CCc2nccc(OC)n2)CCN(C(C)(C)c2ccc(C)nc2)C1=O. The molecule has 0 saturated carbocycles. The van der Waals surface area contributed by atoms with Crippen molar-refractivity contribution >= 4 is 5.91 Å². The van der Waals surface area contributed by atoms with Gasteiger partial charge in [-0.15, -0.1) is 0 Å². The highest BCUT2D eigenvalue weighted by atomic mass is 16.5. The number of likely N-dealkylation sites (tertiary alicyclic amines) is 1. The van der Waals surface area contributed by atoms with E-state index in [0.29, 0.717) is 44.1 Å². The molecule has 1 aliphatic rings. The molecule has 0 aromatic carbocycles. The summed E-state index contributed by atoms with van der Waals surface area (Å²) in [5.41, 5.74) is 0.202. The highest BCUT2D eigenvalue weighted by molar-refractivity contribution is 5.87. The predicted octanol–water partition coefficient (Wildman–Crippen LogP) is 4.09. The molecule has 7 nitrogen and oxygen atoms in total. The number of ether oxygens (including phenoxy) is 2. The molecule has 7 heteroatoms. The van der Waals surface area contributed by atoms with Crippen LogP contribution in [-0.2, 0) is 21.5 Å². The molecular weight excluding hydrogens is 404 g/mol. The van der Waals surface area contributed by atoms with Crippen molar-refractivity contribution in [2.45, 2.75) is 71.9 Å². The first-order chi connectivity index (χ1) is 15.1. The maximum Gasteiger partial charge on any atom is 0.232 e. The Bertz CT molecular complexity index is 942. The van der Waals surface area contributed by atoms with Crippen molar-refractivity contribution in [3.8, 4) is 5.88 Å². The number of carbonyl (C=O) groups excluding carboxylic acids is 1. The number of rotatable bonds is 9. The lowest BCUT2D eigenvalue weighted by molar-refractivity contribution is -0.161. The summed E-state index contributed by atoms with van der Waals surface area (Å²) >= 11 is 0. The van der Waals surface area contributed by atoms with Gasteiger partial charge in [0.15, 0.2) is 0 Å². The Morgan fingerprint density at radius 1 is 1.16 bits per heavy atom. The van der Waals surface area contributed by atoms with E-state index in [1.54, 1.807) is 19.4 Å². The molecule has 0 bridgehead atoms. The molecular formula is C25H36N4O3. The zero-order chi connectivity index (χ0) is 23.6. The summed E-state index contributed by atoms with van der Waals surface area (Å²) in [4.78, 5) is 29.4.